The Morgan fingerprint density at radius 3 is 2.70 bits per heavy atom. The van der Waals surface area contributed by atoms with Gasteiger partial charge in [0.05, 0.1) is 6.61 Å². The zero-order valence-corrected chi connectivity index (χ0v) is 7.19. The van der Waals surface area contributed by atoms with Gasteiger partial charge in [-0.25, -0.2) is 0 Å². The summed E-state index contributed by atoms with van der Waals surface area (Å²) in [4.78, 5) is 2.19. The molecule has 1 atom stereocenters. The van der Waals surface area contributed by atoms with Gasteiger partial charge in [-0.2, -0.15) is 0 Å². The highest BCUT2D eigenvalue weighted by Gasteiger charge is 2.15. The van der Waals surface area contributed by atoms with Gasteiger partial charge in [-0.3, -0.25) is 4.90 Å². The minimum Gasteiger partial charge on any atom is -0.355 e. The van der Waals surface area contributed by atoms with Crippen molar-refractivity contribution in [1.82, 2.24) is 4.90 Å². The molecular formula is C6H14ClNO2. The van der Waals surface area contributed by atoms with Crippen LogP contribution in [0.3, 0.4) is 0 Å². The van der Waals surface area contributed by atoms with Crippen molar-refractivity contribution in [2.24, 2.45) is 0 Å². The van der Waals surface area contributed by atoms with E-state index in [-0.39, 0.29) is 18.7 Å². The Balaban J connectivity index is 0.000000810. The van der Waals surface area contributed by atoms with Gasteiger partial charge in [0.25, 0.3) is 0 Å². The van der Waals surface area contributed by atoms with E-state index in [1.807, 2.05) is 0 Å². The van der Waals surface area contributed by atoms with E-state index in [9.17, 15) is 0 Å². The van der Waals surface area contributed by atoms with Gasteiger partial charge in [0, 0.05) is 20.2 Å². The van der Waals surface area contributed by atoms with E-state index < -0.39 is 0 Å². The summed E-state index contributed by atoms with van der Waals surface area (Å²) in [5.74, 6) is 0. The number of nitrogens with zero attached hydrogens (tertiary/aromatic N) is 1. The van der Waals surface area contributed by atoms with Crippen LogP contribution in [0, 0.1) is 0 Å². The van der Waals surface area contributed by atoms with Gasteiger partial charge in [-0.15, -0.1) is 12.4 Å². The summed E-state index contributed by atoms with van der Waals surface area (Å²) >= 11 is 0. The normalized spacial score (nSPS) is 27.6. The first kappa shape index (κ1) is 10.2. The number of hydrogen-bond acceptors (Lipinski definition) is 3. The number of likely N-dealkylation sites (N-methyl/N-ethyl adjacent to an activating group) is 1. The molecule has 0 aromatic rings. The summed E-state index contributed by atoms with van der Waals surface area (Å²) in [6, 6.07) is 0. The second-order valence-electron chi connectivity index (χ2n) is 2.30. The molecule has 0 spiro atoms. The summed E-state index contributed by atoms with van der Waals surface area (Å²) in [7, 11) is 3.73. The number of hydrogen-bond donors (Lipinski definition) is 0. The van der Waals surface area contributed by atoms with Crippen LogP contribution < -0.4 is 0 Å². The number of halogens is 1. The lowest BCUT2D eigenvalue weighted by atomic mass is 10.4. The maximum atomic E-state index is 5.23. The molecule has 1 unspecified atom stereocenters. The lowest BCUT2D eigenvalue weighted by molar-refractivity contribution is -0.160. The van der Waals surface area contributed by atoms with Crippen molar-refractivity contribution < 1.29 is 9.47 Å². The smallest absolute Gasteiger partial charge is 0.169 e. The fraction of sp³-hybridized carbons (Fsp3) is 1.00. The summed E-state index contributed by atoms with van der Waals surface area (Å²) in [5, 5.41) is 0. The molecule has 1 aliphatic heterocycles. The molecule has 0 aromatic carbocycles. The molecule has 10 heavy (non-hydrogen) atoms. The molecule has 1 heterocycles. The molecule has 1 rings (SSSR count). The van der Waals surface area contributed by atoms with Crippen molar-refractivity contribution in [2.75, 3.05) is 33.9 Å². The minimum atomic E-state index is -0.0104. The third-order valence-electron chi connectivity index (χ3n) is 1.50. The van der Waals surface area contributed by atoms with Crippen molar-refractivity contribution in [3.05, 3.63) is 0 Å². The predicted molar refractivity (Wildman–Crippen MR) is 41.5 cm³/mol. The molecule has 0 aliphatic carbocycles. The summed E-state index contributed by atoms with van der Waals surface area (Å²) in [6.07, 6.45) is -0.0104. The van der Waals surface area contributed by atoms with Crippen LogP contribution in [0.1, 0.15) is 0 Å². The molecule has 1 saturated heterocycles. The van der Waals surface area contributed by atoms with E-state index in [4.69, 9.17) is 9.47 Å². The van der Waals surface area contributed by atoms with Crippen LogP contribution in [0.15, 0.2) is 0 Å². The van der Waals surface area contributed by atoms with Crippen LogP contribution in [0.4, 0.5) is 0 Å². The second-order valence-corrected chi connectivity index (χ2v) is 2.30. The lowest BCUT2D eigenvalue weighted by Crippen LogP contribution is -2.40. The molecular weight excluding hydrogens is 154 g/mol. The predicted octanol–water partition coefficient (Wildman–Crippen LogP) is 0.343. The average molecular weight is 168 g/mol. The van der Waals surface area contributed by atoms with Crippen LogP contribution in [-0.2, 0) is 9.47 Å². The third-order valence-corrected chi connectivity index (χ3v) is 1.50. The summed E-state index contributed by atoms with van der Waals surface area (Å²) in [5.41, 5.74) is 0. The van der Waals surface area contributed by atoms with E-state index in [1.54, 1.807) is 7.11 Å². The SMILES string of the molecule is COC1CN(C)CCO1.Cl. The van der Waals surface area contributed by atoms with E-state index in [0.29, 0.717) is 0 Å². The van der Waals surface area contributed by atoms with E-state index in [2.05, 4.69) is 11.9 Å². The van der Waals surface area contributed by atoms with Crippen molar-refractivity contribution in [2.45, 2.75) is 6.29 Å². The maximum Gasteiger partial charge on any atom is 0.169 e. The molecule has 1 fully saturated rings. The maximum absolute atomic E-state index is 5.23. The van der Waals surface area contributed by atoms with Crippen molar-refractivity contribution in [3.8, 4) is 0 Å². The molecule has 0 N–H and O–H groups in total. The Morgan fingerprint density at radius 2 is 2.30 bits per heavy atom. The van der Waals surface area contributed by atoms with Crippen molar-refractivity contribution in [3.63, 3.8) is 0 Å². The zero-order valence-electron chi connectivity index (χ0n) is 6.37. The van der Waals surface area contributed by atoms with Gasteiger partial charge in [-0.05, 0) is 7.05 Å². The highest BCUT2D eigenvalue weighted by Crippen LogP contribution is 2.01. The first-order chi connectivity index (χ1) is 4.33. The highest BCUT2D eigenvalue weighted by molar-refractivity contribution is 5.85. The first-order valence-corrected chi connectivity index (χ1v) is 3.16. The number of ether oxygens (including phenoxy) is 2. The largest absolute Gasteiger partial charge is 0.355 e. The Kier molecular flexibility index (Phi) is 4.99. The molecule has 0 saturated carbocycles. The molecule has 3 nitrogen and oxygen atoms in total. The third kappa shape index (κ3) is 2.84. The van der Waals surface area contributed by atoms with Crippen LogP contribution in [0.25, 0.3) is 0 Å². The number of rotatable bonds is 1. The van der Waals surface area contributed by atoms with Gasteiger partial charge in [0.1, 0.15) is 0 Å². The van der Waals surface area contributed by atoms with Gasteiger partial charge >= 0.3 is 0 Å². The van der Waals surface area contributed by atoms with Crippen molar-refractivity contribution in [1.29, 1.82) is 0 Å². The zero-order chi connectivity index (χ0) is 6.69. The summed E-state index contributed by atoms with van der Waals surface area (Å²) < 4.78 is 10.2. The van der Waals surface area contributed by atoms with Crippen LogP contribution >= 0.6 is 12.4 Å². The average Bonchev–Trinajstić information content (AvgIpc) is 1.88. The first-order valence-electron chi connectivity index (χ1n) is 3.16. The van der Waals surface area contributed by atoms with E-state index in [0.717, 1.165) is 19.7 Å². The second kappa shape index (κ2) is 4.91. The van der Waals surface area contributed by atoms with E-state index >= 15 is 0 Å². The molecule has 62 valence electrons. The van der Waals surface area contributed by atoms with Gasteiger partial charge < -0.3 is 9.47 Å². The quantitative estimate of drug-likeness (QED) is 0.563. The fourth-order valence-electron chi connectivity index (χ4n) is 0.881. The standard InChI is InChI=1S/C6H13NO2.ClH/c1-7-3-4-9-6(5-7)8-2;/h6H,3-5H2,1-2H3;1H. The minimum absolute atomic E-state index is 0. The van der Waals surface area contributed by atoms with Crippen LogP contribution in [0.2, 0.25) is 0 Å². The van der Waals surface area contributed by atoms with Crippen molar-refractivity contribution >= 4 is 12.4 Å². The van der Waals surface area contributed by atoms with Gasteiger partial charge in [0.2, 0.25) is 0 Å². The van der Waals surface area contributed by atoms with Crippen LogP contribution in [-0.4, -0.2) is 45.0 Å². The molecule has 1 aliphatic rings. The topological polar surface area (TPSA) is 21.7 Å². The Hall–Kier alpha value is 0.170. The van der Waals surface area contributed by atoms with Gasteiger partial charge in [-0.1, -0.05) is 0 Å². The Morgan fingerprint density at radius 1 is 1.60 bits per heavy atom. The highest BCUT2D eigenvalue weighted by atomic mass is 35.5. The molecule has 0 bridgehead atoms. The molecule has 4 heteroatoms. The number of methoxy groups -OCH3 is 1. The molecule has 0 radical (unpaired) electrons. The monoisotopic (exact) mass is 167 g/mol. The summed E-state index contributed by atoms with van der Waals surface area (Å²) in [6.45, 7) is 2.69. The Bertz CT molecular complexity index is 91.8. The lowest BCUT2D eigenvalue weighted by Gasteiger charge is -2.28. The molecule has 0 amide bonds. The van der Waals surface area contributed by atoms with Crippen LogP contribution in [0.5, 0.6) is 0 Å². The van der Waals surface area contributed by atoms with E-state index in [1.165, 1.54) is 0 Å². The molecule has 0 aromatic heterocycles. The Labute approximate surface area is 67.7 Å². The van der Waals surface area contributed by atoms with Gasteiger partial charge in [0.15, 0.2) is 6.29 Å². The fourth-order valence-corrected chi connectivity index (χ4v) is 0.881. The number of morpholine rings is 1.